The van der Waals surface area contributed by atoms with Crippen LogP contribution in [0.15, 0.2) is 6.07 Å². The predicted molar refractivity (Wildman–Crippen MR) is 46.5 cm³/mol. The van der Waals surface area contributed by atoms with Crippen molar-refractivity contribution in [2.45, 2.75) is 13.0 Å². The molecule has 0 saturated carbocycles. The van der Waals surface area contributed by atoms with E-state index in [0.717, 1.165) is 0 Å². The molecule has 1 heterocycles. The molecule has 0 unspecified atom stereocenters. The largest absolute Gasteiger partial charge is 0.391 e. The number of hydrogen-bond donors (Lipinski definition) is 1. The van der Waals surface area contributed by atoms with E-state index in [1.165, 1.54) is 6.07 Å². The number of aromatic nitrogens is 1. The molecule has 0 aliphatic rings. The first kappa shape index (κ1) is 11.9. The number of aliphatic hydroxyl groups excluding tert-OH is 1. The van der Waals surface area contributed by atoms with Crippen LogP contribution >= 0.6 is 0 Å². The molecule has 0 fully saturated rings. The zero-order valence-corrected chi connectivity index (χ0v) is 7.72. The van der Waals surface area contributed by atoms with Gasteiger partial charge in [-0.2, -0.15) is 5.26 Å². The molecule has 84 valence electrons. The van der Waals surface area contributed by atoms with Crippen molar-refractivity contribution in [3.05, 3.63) is 33.0 Å². The van der Waals surface area contributed by atoms with Gasteiger partial charge in [0.15, 0.2) is 0 Å². The van der Waals surface area contributed by atoms with Crippen molar-refractivity contribution >= 4 is 5.82 Å². The maximum absolute atomic E-state index is 12.4. The molecule has 16 heavy (non-hydrogen) atoms. The molecular weight excluding hydrogens is 224 g/mol. The van der Waals surface area contributed by atoms with E-state index in [9.17, 15) is 18.9 Å². The molecule has 1 rings (SSSR count). The quantitative estimate of drug-likeness (QED) is 0.621. The molecule has 0 spiro atoms. The summed E-state index contributed by atoms with van der Waals surface area (Å²) < 4.78 is 24.9. The van der Waals surface area contributed by atoms with Gasteiger partial charge in [-0.25, -0.2) is 8.78 Å². The molecule has 0 aliphatic carbocycles. The monoisotopic (exact) mass is 229 g/mol. The minimum atomic E-state index is -3.09. The molecule has 0 radical (unpaired) electrons. The Hall–Kier alpha value is -2.14. The van der Waals surface area contributed by atoms with Crippen LogP contribution in [-0.4, -0.2) is 15.0 Å². The zero-order valence-electron chi connectivity index (χ0n) is 7.72. The third-order valence-corrected chi connectivity index (χ3v) is 1.79. The van der Waals surface area contributed by atoms with Gasteiger partial charge in [0.05, 0.1) is 6.61 Å². The normalized spacial score (nSPS) is 10.2. The van der Waals surface area contributed by atoms with Gasteiger partial charge in [-0.1, -0.05) is 0 Å². The highest BCUT2D eigenvalue weighted by molar-refractivity contribution is 5.43. The lowest BCUT2D eigenvalue weighted by atomic mass is 10.1. The second-order valence-corrected chi connectivity index (χ2v) is 2.74. The second kappa shape index (κ2) is 4.59. The van der Waals surface area contributed by atoms with Gasteiger partial charge in [-0.05, 0) is 16.0 Å². The number of hydrogen-bond acceptors (Lipinski definition) is 5. The van der Waals surface area contributed by atoms with Crippen LogP contribution in [0.3, 0.4) is 0 Å². The summed E-state index contributed by atoms with van der Waals surface area (Å²) in [4.78, 5) is 12.5. The summed E-state index contributed by atoms with van der Waals surface area (Å²) in [5.74, 6) is -1.07. The van der Waals surface area contributed by atoms with Crippen molar-refractivity contribution in [3.8, 4) is 6.07 Å². The summed E-state index contributed by atoms with van der Waals surface area (Å²) in [5, 5.41) is 27.8. The number of nitro groups is 1. The van der Waals surface area contributed by atoms with Gasteiger partial charge in [0.2, 0.25) is 0 Å². The molecule has 8 heteroatoms. The Morgan fingerprint density at radius 3 is 2.69 bits per heavy atom. The molecule has 0 atom stereocenters. The van der Waals surface area contributed by atoms with Gasteiger partial charge in [0, 0.05) is 5.56 Å². The Labute approximate surface area is 87.9 Å². The van der Waals surface area contributed by atoms with Crippen LogP contribution in [0.25, 0.3) is 0 Å². The number of aliphatic hydroxyl groups is 1. The smallest absolute Gasteiger partial charge is 0.373 e. The first-order valence-electron chi connectivity index (χ1n) is 3.98. The van der Waals surface area contributed by atoms with Crippen LogP contribution in [0.4, 0.5) is 14.6 Å². The van der Waals surface area contributed by atoms with Crippen LogP contribution < -0.4 is 0 Å². The molecule has 0 aliphatic heterocycles. The van der Waals surface area contributed by atoms with Gasteiger partial charge in [-0.3, -0.25) is 0 Å². The van der Waals surface area contributed by atoms with Crippen LogP contribution in [0.1, 0.15) is 23.2 Å². The van der Waals surface area contributed by atoms with Crippen molar-refractivity contribution in [1.82, 2.24) is 4.98 Å². The average Bonchev–Trinajstić information content (AvgIpc) is 2.26. The van der Waals surface area contributed by atoms with Crippen LogP contribution in [0.5, 0.6) is 0 Å². The molecule has 0 saturated heterocycles. The Morgan fingerprint density at radius 1 is 1.69 bits per heavy atom. The van der Waals surface area contributed by atoms with E-state index in [-0.39, 0.29) is 5.56 Å². The topological polar surface area (TPSA) is 100 Å². The Balaban J connectivity index is 3.49. The lowest BCUT2D eigenvalue weighted by Crippen LogP contribution is -2.04. The van der Waals surface area contributed by atoms with E-state index in [2.05, 4.69) is 4.98 Å². The number of alkyl halides is 2. The molecule has 6 nitrogen and oxygen atoms in total. The van der Waals surface area contributed by atoms with E-state index >= 15 is 0 Å². The van der Waals surface area contributed by atoms with Crippen molar-refractivity contribution < 1.29 is 18.8 Å². The maximum atomic E-state index is 12.4. The fourth-order valence-corrected chi connectivity index (χ4v) is 1.09. The van der Waals surface area contributed by atoms with E-state index in [0.29, 0.717) is 6.07 Å². The van der Waals surface area contributed by atoms with E-state index in [4.69, 9.17) is 10.4 Å². The summed E-state index contributed by atoms with van der Waals surface area (Å²) in [6.45, 7) is -0.687. The number of nitriles is 1. The fraction of sp³-hybridized carbons (Fsp3) is 0.250. The van der Waals surface area contributed by atoms with Crippen LogP contribution in [0, 0.1) is 21.4 Å². The number of nitrogens with zero attached hydrogens (tertiary/aromatic N) is 3. The maximum Gasteiger partial charge on any atom is 0.373 e. The molecule has 0 bridgehead atoms. The zero-order chi connectivity index (χ0) is 12.3. The Bertz CT molecular complexity index is 470. The molecule has 1 aromatic heterocycles. The lowest BCUT2D eigenvalue weighted by molar-refractivity contribution is -0.391. The first-order valence-corrected chi connectivity index (χ1v) is 3.98. The van der Waals surface area contributed by atoms with Gasteiger partial charge in [-0.15, -0.1) is 0 Å². The Morgan fingerprint density at radius 2 is 2.31 bits per heavy atom. The number of pyridine rings is 1. The minimum absolute atomic E-state index is 0.164. The standard InChI is InChI=1S/C8H5F2N3O3/c9-7(10)5-1-4(3-14)6(2-11)12-8(5)13(15)16/h1,7,14H,3H2. The third kappa shape index (κ3) is 2.09. The van der Waals surface area contributed by atoms with Gasteiger partial charge in [0.25, 0.3) is 12.1 Å². The highest BCUT2D eigenvalue weighted by Gasteiger charge is 2.26. The minimum Gasteiger partial charge on any atom is -0.391 e. The van der Waals surface area contributed by atoms with Crippen molar-refractivity contribution in [3.63, 3.8) is 0 Å². The molecule has 1 aromatic rings. The summed E-state index contributed by atoms with van der Waals surface area (Å²) in [7, 11) is 0. The third-order valence-electron chi connectivity index (χ3n) is 1.79. The van der Waals surface area contributed by atoms with Gasteiger partial charge in [0.1, 0.15) is 11.6 Å². The van der Waals surface area contributed by atoms with Crippen molar-refractivity contribution in [2.24, 2.45) is 0 Å². The number of halogens is 2. The summed E-state index contributed by atoms with van der Waals surface area (Å²) in [6.07, 6.45) is -3.09. The summed E-state index contributed by atoms with van der Waals surface area (Å²) in [5.41, 5.74) is -1.50. The van der Waals surface area contributed by atoms with Crippen molar-refractivity contribution in [2.75, 3.05) is 0 Å². The van der Waals surface area contributed by atoms with Crippen molar-refractivity contribution in [1.29, 1.82) is 5.26 Å². The highest BCUT2D eigenvalue weighted by Crippen LogP contribution is 2.28. The SMILES string of the molecule is N#Cc1nc([N+](=O)[O-])c(C(F)F)cc1CO. The fourth-order valence-electron chi connectivity index (χ4n) is 1.09. The Kier molecular flexibility index (Phi) is 3.42. The van der Waals surface area contributed by atoms with Crippen LogP contribution in [-0.2, 0) is 6.61 Å². The van der Waals surface area contributed by atoms with Gasteiger partial charge < -0.3 is 15.2 Å². The molecule has 1 N–H and O–H groups in total. The van der Waals surface area contributed by atoms with Crippen LogP contribution in [0.2, 0.25) is 0 Å². The van der Waals surface area contributed by atoms with E-state index in [1.807, 2.05) is 0 Å². The van der Waals surface area contributed by atoms with Gasteiger partial charge >= 0.3 is 5.82 Å². The second-order valence-electron chi connectivity index (χ2n) is 2.74. The molecular formula is C8H5F2N3O3. The average molecular weight is 229 g/mol. The first-order chi connectivity index (χ1) is 7.51. The van der Waals surface area contributed by atoms with E-state index < -0.39 is 35.0 Å². The predicted octanol–water partition coefficient (Wildman–Crippen LogP) is 1.29. The molecule has 0 aromatic carbocycles. The van der Waals surface area contributed by atoms with E-state index in [1.54, 1.807) is 0 Å². The summed E-state index contributed by atoms with van der Waals surface area (Å²) >= 11 is 0. The molecule has 0 amide bonds. The summed E-state index contributed by atoms with van der Waals surface area (Å²) in [6, 6.07) is 2.20. The highest BCUT2D eigenvalue weighted by atomic mass is 19.3. The number of rotatable bonds is 3. The lowest BCUT2D eigenvalue weighted by Gasteiger charge is -2.03.